The molecule has 0 amide bonds. The first-order valence-electron chi connectivity index (χ1n) is 10.4. The van der Waals surface area contributed by atoms with Crippen LogP contribution in [-0.2, 0) is 0 Å². The Labute approximate surface area is 179 Å². The number of hydrogen-bond donors (Lipinski definition) is 1. The van der Waals surface area contributed by atoms with E-state index in [9.17, 15) is 9.90 Å². The van der Waals surface area contributed by atoms with Crippen molar-refractivity contribution >= 4 is 11.5 Å². The molecule has 1 N–H and O–H groups in total. The molecule has 0 unspecified atom stereocenters. The van der Waals surface area contributed by atoms with Gasteiger partial charge in [0.05, 0.1) is 7.11 Å². The minimum Gasteiger partial charge on any atom is -0.493 e. The lowest BCUT2D eigenvalue weighted by Crippen LogP contribution is -2.49. The Morgan fingerprint density at radius 3 is 2.33 bits per heavy atom. The van der Waals surface area contributed by atoms with Gasteiger partial charge in [-0.25, -0.2) is 0 Å². The molecule has 1 saturated heterocycles. The third-order valence-electron chi connectivity index (χ3n) is 5.60. The Bertz CT molecular complexity index is 855. The Balaban J connectivity index is 1.50. The van der Waals surface area contributed by atoms with Gasteiger partial charge in [0.1, 0.15) is 12.7 Å². The molecule has 3 rings (SSSR count). The fourth-order valence-corrected chi connectivity index (χ4v) is 4.00. The number of carbonyl (C=O) groups is 1. The van der Waals surface area contributed by atoms with Crippen molar-refractivity contribution in [3.05, 3.63) is 53.1 Å². The van der Waals surface area contributed by atoms with E-state index in [1.807, 2.05) is 0 Å². The molecule has 1 fully saturated rings. The van der Waals surface area contributed by atoms with Crippen molar-refractivity contribution in [1.29, 1.82) is 0 Å². The topological polar surface area (TPSA) is 62.2 Å². The van der Waals surface area contributed by atoms with Gasteiger partial charge in [0.15, 0.2) is 17.3 Å². The van der Waals surface area contributed by atoms with Crippen LogP contribution < -0.4 is 14.4 Å². The second kappa shape index (κ2) is 9.96. The number of Topliss-reactive ketones (excluding diaryl/α,β-unsaturated/α-hetero) is 1. The maximum Gasteiger partial charge on any atom is 0.161 e. The number of rotatable bonds is 8. The maximum absolute atomic E-state index is 11.5. The number of hydrogen-bond acceptors (Lipinski definition) is 6. The lowest BCUT2D eigenvalue weighted by Gasteiger charge is -2.38. The van der Waals surface area contributed by atoms with Crippen molar-refractivity contribution in [2.24, 2.45) is 0 Å². The fraction of sp³-hybridized carbons (Fsp3) is 0.458. The average Bonchev–Trinajstić information content (AvgIpc) is 2.73. The van der Waals surface area contributed by atoms with Crippen LogP contribution in [0.4, 0.5) is 5.69 Å². The van der Waals surface area contributed by atoms with Crippen molar-refractivity contribution in [2.45, 2.75) is 26.9 Å². The number of aliphatic hydroxyl groups excluding tert-OH is 1. The van der Waals surface area contributed by atoms with Crippen LogP contribution in [0.3, 0.4) is 0 Å². The monoisotopic (exact) mass is 412 g/mol. The number of benzene rings is 2. The number of aryl methyl sites for hydroxylation is 2. The normalized spacial score (nSPS) is 15.7. The van der Waals surface area contributed by atoms with Crippen molar-refractivity contribution in [1.82, 2.24) is 4.90 Å². The van der Waals surface area contributed by atoms with Crippen molar-refractivity contribution in [2.75, 3.05) is 51.3 Å². The second-order valence-electron chi connectivity index (χ2n) is 7.91. The van der Waals surface area contributed by atoms with Gasteiger partial charge >= 0.3 is 0 Å². The van der Waals surface area contributed by atoms with Crippen LogP contribution >= 0.6 is 0 Å². The third kappa shape index (κ3) is 5.32. The first-order valence-corrected chi connectivity index (χ1v) is 10.4. The summed E-state index contributed by atoms with van der Waals surface area (Å²) in [6.45, 7) is 10.3. The highest BCUT2D eigenvalue weighted by Crippen LogP contribution is 2.29. The van der Waals surface area contributed by atoms with Gasteiger partial charge in [-0.15, -0.1) is 0 Å². The molecule has 0 spiro atoms. The molecule has 2 aromatic carbocycles. The first kappa shape index (κ1) is 22.1. The number of carbonyl (C=O) groups excluding carboxylic acids is 1. The molecule has 0 saturated carbocycles. The number of piperazine rings is 1. The van der Waals surface area contributed by atoms with E-state index < -0.39 is 6.10 Å². The van der Waals surface area contributed by atoms with Gasteiger partial charge in [0, 0.05) is 44.0 Å². The Hall–Kier alpha value is -2.57. The SMILES string of the molecule is COc1cc(C(C)=O)ccc1OC[C@@H](O)CN1CCN(c2c(C)cccc2C)CC1. The summed E-state index contributed by atoms with van der Waals surface area (Å²) >= 11 is 0. The van der Waals surface area contributed by atoms with Crippen LogP contribution in [0.25, 0.3) is 0 Å². The molecule has 1 aliphatic rings. The predicted molar refractivity (Wildman–Crippen MR) is 119 cm³/mol. The van der Waals surface area contributed by atoms with Crippen LogP contribution in [0.1, 0.15) is 28.4 Å². The molecule has 162 valence electrons. The van der Waals surface area contributed by atoms with Crippen LogP contribution in [0.2, 0.25) is 0 Å². The van der Waals surface area contributed by atoms with E-state index in [1.54, 1.807) is 18.2 Å². The van der Waals surface area contributed by atoms with Crippen LogP contribution in [0.15, 0.2) is 36.4 Å². The highest BCUT2D eigenvalue weighted by atomic mass is 16.5. The fourth-order valence-electron chi connectivity index (χ4n) is 4.00. The molecule has 6 heteroatoms. The maximum atomic E-state index is 11.5. The molecule has 1 aliphatic heterocycles. The van der Waals surface area contributed by atoms with Crippen LogP contribution in [0, 0.1) is 13.8 Å². The molecule has 6 nitrogen and oxygen atoms in total. The number of nitrogens with zero attached hydrogens (tertiary/aromatic N) is 2. The highest BCUT2D eigenvalue weighted by molar-refractivity contribution is 5.94. The lowest BCUT2D eigenvalue weighted by molar-refractivity contribution is 0.0653. The molecular formula is C24H32N2O4. The number of ketones is 1. The summed E-state index contributed by atoms with van der Waals surface area (Å²) in [7, 11) is 1.54. The molecule has 0 aliphatic carbocycles. The summed E-state index contributed by atoms with van der Waals surface area (Å²) in [6.07, 6.45) is -0.603. The molecule has 30 heavy (non-hydrogen) atoms. The van der Waals surface area contributed by atoms with Crippen LogP contribution in [0.5, 0.6) is 11.5 Å². The molecule has 1 heterocycles. The standard InChI is InChI=1S/C24H32N2O4/c1-17-6-5-7-18(2)24(17)26-12-10-25(11-13-26)15-21(28)16-30-22-9-8-20(19(3)27)14-23(22)29-4/h5-9,14,21,28H,10-13,15-16H2,1-4H3/t21-/m0/s1. The third-order valence-corrected chi connectivity index (χ3v) is 5.60. The molecule has 2 aromatic rings. The van der Waals surface area contributed by atoms with Gasteiger partial charge in [0.25, 0.3) is 0 Å². The summed E-state index contributed by atoms with van der Waals surface area (Å²) in [6, 6.07) is 11.5. The van der Waals surface area contributed by atoms with Gasteiger partial charge in [-0.1, -0.05) is 18.2 Å². The summed E-state index contributed by atoms with van der Waals surface area (Å²) in [5, 5.41) is 10.5. The first-order chi connectivity index (χ1) is 14.4. The van der Waals surface area contributed by atoms with Gasteiger partial charge in [-0.05, 0) is 50.1 Å². The molecule has 1 atom stereocenters. The molecule has 0 aromatic heterocycles. The van der Waals surface area contributed by atoms with Crippen molar-refractivity contribution < 1.29 is 19.4 Å². The van der Waals surface area contributed by atoms with Crippen LogP contribution in [-0.4, -0.2) is 68.3 Å². The van der Waals surface area contributed by atoms with Gasteiger partial charge in [-0.2, -0.15) is 0 Å². The smallest absolute Gasteiger partial charge is 0.161 e. The van der Waals surface area contributed by atoms with E-state index in [0.29, 0.717) is 23.6 Å². The number of aliphatic hydroxyl groups is 1. The zero-order chi connectivity index (χ0) is 21.7. The number of para-hydroxylation sites is 1. The lowest BCUT2D eigenvalue weighted by atomic mass is 10.1. The quantitative estimate of drug-likeness (QED) is 0.673. The largest absolute Gasteiger partial charge is 0.493 e. The second-order valence-corrected chi connectivity index (χ2v) is 7.91. The zero-order valence-electron chi connectivity index (χ0n) is 18.4. The summed E-state index contributed by atoms with van der Waals surface area (Å²) in [4.78, 5) is 16.2. The number of ether oxygens (including phenoxy) is 2. The highest BCUT2D eigenvalue weighted by Gasteiger charge is 2.22. The molecule has 0 radical (unpaired) electrons. The van der Waals surface area contributed by atoms with Gasteiger partial charge in [-0.3, -0.25) is 9.69 Å². The van der Waals surface area contributed by atoms with Gasteiger partial charge in [0.2, 0.25) is 0 Å². The summed E-state index contributed by atoms with van der Waals surface area (Å²) in [5.41, 5.74) is 4.52. The Kier molecular flexibility index (Phi) is 7.34. The summed E-state index contributed by atoms with van der Waals surface area (Å²) in [5.74, 6) is 0.999. The summed E-state index contributed by atoms with van der Waals surface area (Å²) < 4.78 is 11.1. The minimum atomic E-state index is -0.603. The van der Waals surface area contributed by atoms with E-state index in [4.69, 9.17) is 9.47 Å². The minimum absolute atomic E-state index is 0.0279. The van der Waals surface area contributed by atoms with E-state index in [-0.39, 0.29) is 12.4 Å². The van der Waals surface area contributed by atoms with E-state index >= 15 is 0 Å². The van der Waals surface area contributed by atoms with Crippen molar-refractivity contribution in [3.8, 4) is 11.5 Å². The Morgan fingerprint density at radius 1 is 1.07 bits per heavy atom. The van der Waals surface area contributed by atoms with E-state index in [1.165, 1.54) is 30.8 Å². The van der Waals surface area contributed by atoms with E-state index in [0.717, 1.165) is 26.2 Å². The Morgan fingerprint density at radius 2 is 1.73 bits per heavy atom. The zero-order valence-corrected chi connectivity index (χ0v) is 18.4. The van der Waals surface area contributed by atoms with Gasteiger partial charge < -0.3 is 19.5 Å². The average molecular weight is 413 g/mol. The molecule has 0 bridgehead atoms. The number of methoxy groups -OCH3 is 1. The molecular weight excluding hydrogens is 380 g/mol. The number of anilines is 1. The predicted octanol–water partition coefficient (Wildman–Crippen LogP) is 3.08. The van der Waals surface area contributed by atoms with E-state index in [2.05, 4.69) is 41.8 Å². The van der Waals surface area contributed by atoms with Crippen molar-refractivity contribution in [3.63, 3.8) is 0 Å². The number of β-amino-alcohol motifs (C(OH)–C–C–N with tert-alkyl or cyclic N) is 1.